The Hall–Kier alpha value is -3.86. The van der Waals surface area contributed by atoms with Gasteiger partial charge in [-0.25, -0.2) is 8.78 Å². The quantitative estimate of drug-likeness (QED) is 0.383. The maximum absolute atomic E-state index is 14.2. The third-order valence-electron chi connectivity index (χ3n) is 6.33. The van der Waals surface area contributed by atoms with Crippen molar-refractivity contribution in [2.24, 2.45) is 0 Å². The molecular weight excluding hydrogens is 528 g/mol. The number of carbonyl (C=O) groups excluding carboxylic acids is 3. The molecule has 0 spiro atoms. The fourth-order valence-corrected chi connectivity index (χ4v) is 5.43. The van der Waals surface area contributed by atoms with E-state index in [4.69, 9.17) is 4.42 Å². The first-order chi connectivity index (χ1) is 18.8. The molecule has 0 aliphatic heterocycles. The van der Waals surface area contributed by atoms with Gasteiger partial charge in [-0.15, -0.1) is 0 Å². The molecule has 3 amide bonds. The van der Waals surface area contributed by atoms with E-state index < -0.39 is 57.7 Å². The molecule has 2 N–H and O–H groups in total. The molecule has 1 aliphatic rings. The fourth-order valence-electron chi connectivity index (χ4n) is 4.55. The molecule has 2 atom stereocenters. The van der Waals surface area contributed by atoms with Crippen molar-refractivity contribution in [1.29, 1.82) is 0 Å². The largest absolute Gasteiger partial charge is 0.467 e. The molecule has 2 aromatic carbocycles. The molecule has 0 saturated heterocycles. The van der Waals surface area contributed by atoms with Crippen molar-refractivity contribution in [2.45, 2.75) is 44.2 Å². The fraction of sp³-hybridized carbons (Fsp3) is 0.321. The van der Waals surface area contributed by atoms with Gasteiger partial charge in [0, 0.05) is 28.2 Å². The van der Waals surface area contributed by atoms with Gasteiger partial charge in [-0.05, 0) is 67.4 Å². The SMILES string of the molecule is O=C(C[S@](=O)CC(=O)N(c1cccc(F)c1)[C@@H](C(=O)NC1CCCCC1)c1ccco1)Nc1ccc(F)cc1. The summed E-state index contributed by atoms with van der Waals surface area (Å²) in [6.45, 7) is 0. The van der Waals surface area contributed by atoms with E-state index in [0.29, 0.717) is 5.69 Å². The number of carbonyl (C=O) groups is 3. The lowest BCUT2D eigenvalue weighted by Gasteiger charge is -2.32. The monoisotopic (exact) mass is 557 g/mol. The standard InChI is InChI=1S/C28H29F2N3O5S/c29-19-11-13-22(14-12-19)31-25(34)17-39(37)18-26(35)33(23-9-4-6-20(30)16-23)27(24-10-5-15-38-24)28(36)32-21-7-2-1-3-8-21/h4-6,9-16,21,27H,1-3,7-8,17-18H2,(H,31,34)(H,32,36)/t27-,39+/m1/s1. The molecular formula is C28H29F2N3O5S. The minimum absolute atomic E-state index is 0.0718. The van der Waals surface area contributed by atoms with Crippen LogP contribution in [0.15, 0.2) is 71.3 Å². The number of nitrogens with one attached hydrogen (secondary N) is 2. The highest BCUT2D eigenvalue weighted by Gasteiger charge is 2.36. The predicted molar refractivity (Wildman–Crippen MR) is 143 cm³/mol. The van der Waals surface area contributed by atoms with Crippen LogP contribution >= 0.6 is 0 Å². The van der Waals surface area contributed by atoms with E-state index in [9.17, 15) is 27.4 Å². The molecule has 0 unspecified atom stereocenters. The van der Waals surface area contributed by atoms with Gasteiger partial charge in [0.2, 0.25) is 11.8 Å². The van der Waals surface area contributed by atoms with Gasteiger partial charge in [0.1, 0.15) is 28.9 Å². The molecule has 39 heavy (non-hydrogen) atoms. The Morgan fingerprint density at radius 2 is 1.69 bits per heavy atom. The molecule has 1 aromatic heterocycles. The number of furan rings is 1. The lowest BCUT2D eigenvalue weighted by Crippen LogP contribution is -2.48. The Bertz CT molecular complexity index is 1310. The van der Waals surface area contributed by atoms with Crippen molar-refractivity contribution in [2.75, 3.05) is 21.7 Å². The van der Waals surface area contributed by atoms with Crippen LogP contribution in [0.5, 0.6) is 0 Å². The molecule has 206 valence electrons. The summed E-state index contributed by atoms with van der Waals surface area (Å²) in [5.74, 6) is -3.97. The Morgan fingerprint density at radius 3 is 2.36 bits per heavy atom. The molecule has 1 fully saturated rings. The highest BCUT2D eigenvalue weighted by atomic mass is 32.2. The van der Waals surface area contributed by atoms with Crippen LogP contribution in [-0.2, 0) is 25.2 Å². The summed E-state index contributed by atoms with van der Waals surface area (Å²) >= 11 is 0. The van der Waals surface area contributed by atoms with Gasteiger partial charge in [0.25, 0.3) is 5.91 Å². The zero-order chi connectivity index (χ0) is 27.8. The van der Waals surface area contributed by atoms with Crippen LogP contribution in [0.25, 0.3) is 0 Å². The minimum Gasteiger partial charge on any atom is -0.467 e. The van der Waals surface area contributed by atoms with Crippen LogP contribution in [0.1, 0.15) is 43.9 Å². The Morgan fingerprint density at radius 1 is 0.949 bits per heavy atom. The topological polar surface area (TPSA) is 109 Å². The average molecular weight is 558 g/mol. The van der Waals surface area contributed by atoms with E-state index >= 15 is 0 Å². The second-order valence-electron chi connectivity index (χ2n) is 9.29. The van der Waals surface area contributed by atoms with Crippen LogP contribution in [0.4, 0.5) is 20.2 Å². The number of benzene rings is 2. The van der Waals surface area contributed by atoms with Gasteiger partial charge < -0.3 is 15.1 Å². The number of nitrogens with zero attached hydrogens (tertiary/aromatic N) is 1. The number of halogens is 2. The van der Waals surface area contributed by atoms with Crippen molar-refractivity contribution in [3.8, 4) is 0 Å². The smallest absolute Gasteiger partial charge is 0.251 e. The van der Waals surface area contributed by atoms with E-state index in [0.717, 1.165) is 43.1 Å². The van der Waals surface area contributed by atoms with E-state index in [1.807, 2.05) is 0 Å². The van der Waals surface area contributed by atoms with Crippen LogP contribution in [0.2, 0.25) is 0 Å². The van der Waals surface area contributed by atoms with Crippen molar-refractivity contribution in [3.63, 3.8) is 0 Å². The van der Waals surface area contributed by atoms with Crippen LogP contribution in [0, 0.1) is 11.6 Å². The van der Waals surface area contributed by atoms with Gasteiger partial charge in [0.05, 0.1) is 6.26 Å². The molecule has 1 saturated carbocycles. The molecule has 0 bridgehead atoms. The molecule has 0 radical (unpaired) electrons. The molecule has 4 rings (SSSR count). The van der Waals surface area contributed by atoms with Crippen molar-refractivity contribution in [3.05, 3.63) is 84.3 Å². The van der Waals surface area contributed by atoms with E-state index in [1.165, 1.54) is 54.8 Å². The third kappa shape index (κ3) is 7.82. The number of hydrogen-bond acceptors (Lipinski definition) is 5. The molecule has 1 heterocycles. The van der Waals surface area contributed by atoms with Gasteiger partial charge in [-0.1, -0.05) is 25.3 Å². The first-order valence-electron chi connectivity index (χ1n) is 12.6. The highest BCUT2D eigenvalue weighted by Crippen LogP contribution is 2.30. The van der Waals surface area contributed by atoms with Crippen molar-refractivity contribution >= 4 is 39.9 Å². The summed E-state index contributed by atoms with van der Waals surface area (Å²) in [5, 5.41) is 5.49. The second kappa shape index (κ2) is 13.3. The summed E-state index contributed by atoms with van der Waals surface area (Å²) in [5.41, 5.74) is 0.385. The summed E-state index contributed by atoms with van der Waals surface area (Å²) in [4.78, 5) is 40.6. The lowest BCUT2D eigenvalue weighted by atomic mass is 9.95. The normalized spacial score (nSPS) is 15.2. The maximum Gasteiger partial charge on any atom is 0.251 e. The van der Waals surface area contributed by atoms with Gasteiger partial charge >= 0.3 is 0 Å². The summed E-state index contributed by atoms with van der Waals surface area (Å²) < 4.78 is 45.7. The number of rotatable bonds is 10. The van der Waals surface area contributed by atoms with Crippen molar-refractivity contribution < 1.29 is 31.8 Å². The van der Waals surface area contributed by atoms with Crippen LogP contribution in [-0.4, -0.2) is 39.5 Å². The number of amides is 3. The van der Waals surface area contributed by atoms with Gasteiger partial charge in [-0.2, -0.15) is 0 Å². The molecule has 3 aromatic rings. The Balaban J connectivity index is 1.55. The van der Waals surface area contributed by atoms with E-state index in [2.05, 4.69) is 10.6 Å². The van der Waals surface area contributed by atoms with E-state index in [1.54, 1.807) is 6.07 Å². The van der Waals surface area contributed by atoms with Crippen LogP contribution < -0.4 is 15.5 Å². The minimum atomic E-state index is -1.97. The second-order valence-corrected chi connectivity index (χ2v) is 10.7. The molecule has 1 aliphatic carbocycles. The van der Waals surface area contributed by atoms with Crippen LogP contribution in [0.3, 0.4) is 0 Å². The number of anilines is 2. The highest BCUT2D eigenvalue weighted by molar-refractivity contribution is 7.86. The first kappa shape index (κ1) is 28.2. The lowest BCUT2D eigenvalue weighted by molar-refractivity contribution is -0.127. The predicted octanol–water partition coefficient (Wildman–Crippen LogP) is 4.47. The zero-order valence-corrected chi connectivity index (χ0v) is 21.9. The summed E-state index contributed by atoms with van der Waals surface area (Å²) in [6.07, 6.45) is 6.00. The summed E-state index contributed by atoms with van der Waals surface area (Å²) in [7, 11) is -1.97. The first-order valence-corrected chi connectivity index (χ1v) is 14.1. The average Bonchev–Trinajstić information content (AvgIpc) is 3.43. The molecule has 11 heteroatoms. The summed E-state index contributed by atoms with van der Waals surface area (Å²) in [6, 6.07) is 12.0. The maximum atomic E-state index is 14.2. The van der Waals surface area contributed by atoms with Gasteiger partial charge in [0.15, 0.2) is 6.04 Å². The Kier molecular flexibility index (Phi) is 9.59. The van der Waals surface area contributed by atoms with E-state index in [-0.39, 0.29) is 17.5 Å². The zero-order valence-electron chi connectivity index (χ0n) is 21.1. The Labute approximate surface area is 227 Å². The third-order valence-corrected chi connectivity index (χ3v) is 7.48. The molecule has 8 nitrogen and oxygen atoms in total. The van der Waals surface area contributed by atoms with Gasteiger partial charge in [-0.3, -0.25) is 23.5 Å². The number of hydrogen-bond donors (Lipinski definition) is 2. The van der Waals surface area contributed by atoms with Crippen molar-refractivity contribution in [1.82, 2.24) is 5.32 Å².